The van der Waals surface area contributed by atoms with Crippen LogP contribution in [0.5, 0.6) is 11.5 Å². The SMILES string of the molecule is N[C@H]1CCN(C(=O)c2cccc(Oc3ccncc3)c2)C1. The van der Waals surface area contributed by atoms with Crippen molar-refractivity contribution in [2.45, 2.75) is 12.5 Å². The molecule has 0 bridgehead atoms. The van der Waals surface area contributed by atoms with Crippen LogP contribution in [-0.4, -0.2) is 34.9 Å². The second-order valence-corrected chi connectivity index (χ2v) is 5.11. The Balaban J connectivity index is 1.75. The molecule has 2 aromatic rings. The highest BCUT2D eigenvalue weighted by molar-refractivity contribution is 5.94. The van der Waals surface area contributed by atoms with Gasteiger partial charge in [0.15, 0.2) is 0 Å². The molecule has 21 heavy (non-hydrogen) atoms. The molecule has 1 aliphatic heterocycles. The van der Waals surface area contributed by atoms with Gasteiger partial charge >= 0.3 is 0 Å². The number of aromatic nitrogens is 1. The van der Waals surface area contributed by atoms with E-state index in [1.807, 2.05) is 12.1 Å². The molecule has 0 radical (unpaired) electrons. The first-order valence-electron chi connectivity index (χ1n) is 6.95. The van der Waals surface area contributed by atoms with Crippen molar-refractivity contribution in [1.29, 1.82) is 0 Å². The van der Waals surface area contributed by atoms with Gasteiger partial charge in [-0.1, -0.05) is 6.07 Å². The Bertz CT molecular complexity index is 630. The summed E-state index contributed by atoms with van der Waals surface area (Å²) in [5.41, 5.74) is 6.47. The van der Waals surface area contributed by atoms with Crippen molar-refractivity contribution in [3.05, 3.63) is 54.4 Å². The van der Waals surface area contributed by atoms with Gasteiger partial charge in [0.25, 0.3) is 5.91 Å². The predicted molar refractivity (Wildman–Crippen MR) is 79.2 cm³/mol. The molecule has 1 saturated heterocycles. The maximum atomic E-state index is 12.4. The highest BCUT2D eigenvalue weighted by Gasteiger charge is 2.24. The molecule has 1 fully saturated rings. The van der Waals surface area contributed by atoms with E-state index in [9.17, 15) is 4.79 Å². The second-order valence-electron chi connectivity index (χ2n) is 5.11. The van der Waals surface area contributed by atoms with Crippen LogP contribution in [-0.2, 0) is 0 Å². The molecule has 1 atom stereocenters. The van der Waals surface area contributed by atoms with Crippen LogP contribution in [0.4, 0.5) is 0 Å². The maximum absolute atomic E-state index is 12.4. The Labute approximate surface area is 123 Å². The molecular weight excluding hydrogens is 266 g/mol. The molecule has 1 aromatic carbocycles. The minimum atomic E-state index is 0.00290. The van der Waals surface area contributed by atoms with Crippen LogP contribution < -0.4 is 10.5 Å². The first kappa shape index (κ1) is 13.6. The van der Waals surface area contributed by atoms with E-state index in [1.54, 1.807) is 41.6 Å². The predicted octanol–water partition coefficient (Wildman–Crippen LogP) is 2.05. The Morgan fingerprint density at radius 3 is 2.76 bits per heavy atom. The normalized spacial score (nSPS) is 17.8. The molecule has 1 aliphatic rings. The van der Waals surface area contributed by atoms with Crippen molar-refractivity contribution >= 4 is 5.91 Å². The summed E-state index contributed by atoms with van der Waals surface area (Å²) in [7, 11) is 0. The number of ether oxygens (including phenoxy) is 1. The summed E-state index contributed by atoms with van der Waals surface area (Å²) >= 11 is 0. The van der Waals surface area contributed by atoms with Crippen LogP contribution in [0.15, 0.2) is 48.8 Å². The number of hydrogen-bond donors (Lipinski definition) is 1. The molecule has 5 heteroatoms. The molecule has 3 rings (SSSR count). The lowest BCUT2D eigenvalue weighted by Gasteiger charge is -2.16. The average Bonchev–Trinajstić information content (AvgIpc) is 2.94. The van der Waals surface area contributed by atoms with E-state index in [4.69, 9.17) is 10.5 Å². The summed E-state index contributed by atoms with van der Waals surface area (Å²) in [6.45, 7) is 1.34. The number of pyridine rings is 1. The number of rotatable bonds is 3. The molecule has 0 aliphatic carbocycles. The van der Waals surface area contributed by atoms with Crippen molar-refractivity contribution in [3.63, 3.8) is 0 Å². The first-order valence-corrected chi connectivity index (χ1v) is 6.95. The van der Waals surface area contributed by atoms with Gasteiger partial charge in [0.1, 0.15) is 11.5 Å². The highest BCUT2D eigenvalue weighted by Crippen LogP contribution is 2.22. The first-order chi connectivity index (χ1) is 10.2. The van der Waals surface area contributed by atoms with Gasteiger partial charge in [-0.25, -0.2) is 0 Å². The van der Waals surface area contributed by atoms with Crippen molar-refractivity contribution in [1.82, 2.24) is 9.88 Å². The molecule has 0 spiro atoms. The van der Waals surface area contributed by atoms with Crippen LogP contribution in [0.2, 0.25) is 0 Å². The van der Waals surface area contributed by atoms with Gasteiger partial charge in [0, 0.05) is 37.1 Å². The number of nitrogens with zero attached hydrogens (tertiary/aromatic N) is 2. The molecule has 1 aromatic heterocycles. The molecule has 5 nitrogen and oxygen atoms in total. The standard InChI is InChI=1S/C16H17N3O2/c17-13-6-9-19(11-13)16(20)12-2-1-3-15(10-12)21-14-4-7-18-8-5-14/h1-5,7-8,10,13H,6,9,11,17H2/t13-/m0/s1. The number of amides is 1. The fourth-order valence-electron chi connectivity index (χ4n) is 2.39. The lowest BCUT2D eigenvalue weighted by atomic mass is 10.2. The molecular formula is C16H17N3O2. The second kappa shape index (κ2) is 5.93. The Kier molecular flexibility index (Phi) is 3.83. The number of carbonyl (C=O) groups is 1. The fourth-order valence-corrected chi connectivity index (χ4v) is 2.39. The van der Waals surface area contributed by atoms with E-state index in [-0.39, 0.29) is 11.9 Å². The zero-order chi connectivity index (χ0) is 14.7. The quantitative estimate of drug-likeness (QED) is 0.936. The van der Waals surface area contributed by atoms with E-state index in [0.717, 1.165) is 13.0 Å². The van der Waals surface area contributed by atoms with Crippen molar-refractivity contribution < 1.29 is 9.53 Å². The third kappa shape index (κ3) is 3.20. The zero-order valence-electron chi connectivity index (χ0n) is 11.6. The Morgan fingerprint density at radius 1 is 1.24 bits per heavy atom. The number of nitrogens with two attached hydrogens (primary N) is 1. The summed E-state index contributed by atoms with van der Waals surface area (Å²) in [6.07, 6.45) is 4.19. The van der Waals surface area contributed by atoms with Crippen LogP contribution >= 0.6 is 0 Å². The van der Waals surface area contributed by atoms with E-state index in [1.165, 1.54) is 0 Å². The van der Waals surface area contributed by atoms with Crippen LogP contribution in [0.1, 0.15) is 16.8 Å². The topological polar surface area (TPSA) is 68.5 Å². The summed E-state index contributed by atoms with van der Waals surface area (Å²) in [4.78, 5) is 18.1. The molecule has 2 N–H and O–H groups in total. The fraction of sp³-hybridized carbons (Fsp3) is 0.250. The summed E-state index contributed by atoms with van der Waals surface area (Å²) in [5, 5.41) is 0. The van der Waals surface area contributed by atoms with Gasteiger partial charge in [-0.2, -0.15) is 0 Å². The van der Waals surface area contributed by atoms with Crippen molar-refractivity contribution in [3.8, 4) is 11.5 Å². The van der Waals surface area contributed by atoms with Gasteiger partial charge < -0.3 is 15.4 Å². The molecule has 108 valence electrons. The van der Waals surface area contributed by atoms with E-state index in [2.05, 4.69) is 4.98 Å². The van der Waals surface area contributed by atoms with Gasteiger partial charge in [-0.3, -0.25) is 9.78 Å². The highest BCUT2D eigenvalue weighted by atomic mass is 16.5. The number of benzene rings is 1. The van der Waals surface area contributed by atoms with E-state index < -0.39 is 0 Å². The summed E-state index contributed by atoms with van der Waals surface area (Å²) in [6, 6.07) is 10.8. The monoisotopic (exact) mass is 283 g/mol. The lowest BCUT2D eigenvalue weighted by molar-refractivity contribution is 0.0790. The molecule has 0 unspecified atom stereocenters. The van der Waals surface area contributed by atoms with Crippen LogP contribution in [0.25, 0.3) is 0 Å². The smallest absolute Gasteiger partial charge is 0.254 e. The van der Waals surface area contributed by atoms with E-state index >= 15 is 0 Å². The van der Waals surface area contributed by atoms with Gasteiger partial charge in [-0.05, 0) is 36.8 Å². The van der Waals surface area contributed by atoms with Crippen LogP contribution in [0, 0.1) is 0 Å². The lowest BCUT2D eigenvalue weighted by Crippen LogP contribution is -2.31. The molecule has 0 saturated carbocycles. The van der Waals surface area contributed by atoms with E-state index in [0.29, 0.717) is 23.6 Å². The van der Waals surface area contributed by atoms with Crippen molar-refractivity contribution in [2.75, 3.05) is 13.1 Å². The molecule has 1 amide bonds. The minimum Gasteiger partial charge on any atom is -0.457 e. The summed E-state index contributed by atoms with van der Waals surface area (Å²) in [5.74, 6) is 1.33. The van der Waals surface area contributed by atoms with Gasteiger partial charge in [0.05, 0.1) is 0 Å². The van der Waals surface area contributed by atoms with Gasteiger partial charge in [-0.15, -0.1) is 0 Å². The Hall–Kier alpha value is -2.40. The largest absolute Gasteiger partial charge is 0.457 e. The van der Waals surface area contributed by atoms with Gasteiger partial charge in [0.2, 0.25) is 0 Å². The van der Waals surface area contributed by atoms with Crippen LogP contribution in [0.3, 0.4) is 0 Å². The number of likely N-dealkylation sites (tertiary alicyclic amines) is 1. The third-order valence-corrected chi connectivity index (χ3v) is 3.48. The molecule has 2 heterocycles. The van der Waals surface area contributed by atoms with Crippen molar-refractivity contribution in [2.24, 2.45) is 5.73 Å². The zero-order valence-corrected chi connectivity index (χ0v) is 11.6. The Morgan fingerprint density at radius 2 is 2.05 bits per heavy atom. The minimum absolute atomic E-state index is 0.00290. The number of hydrogen-bond acceptors (Lipinski definition) is 4. The third-order valence-electron chi connectivity index (χ3n) is 3.48. The maximum Gasteiger partial charge on any atom is 0.254 e. The number of carbonyl (C=O) groups excluding carboxylic acids is 1. The summed E-state index contributed by atoms with van der Waals surface area (Å²) < 4.78 is 5.72. The average molecular weight is 283 g/mol.